The van der Waals surface area contributed by atoms with Crippen molar-refractivity contribution in [1.29, 1.82) is 0 Å². The Kier molecular flexibility index (Phi) is 11.6. The summed E-state index contributed by atoms with van der Waals surface area (Å²) in [5, 5.41) is 13.4. The van der Waals surface area contributed by atoms with E-state index in [9.17, 15) is 14.7 Å². The second-order valence-corrected chi connectivity index (χ2v) is 11.8. The quantitative estimate of drug-likeness (QED) is 0.310. The average Bonchev–Trinajstić information content (AvgIpc) is 3.41. The van der Waals surface area contributed by atoms with E-state index in [0.29, 0.717) is 32.9 Å². The van der Waals surface area contributed by atoms with Crippen LogP contribution in [-0.4, -0.2) is 91.3 Å². The first-order valence-corrected chi connectivity index (χ1v) is 15.4. The van der Waals surface area contributed by atoms with Crippen LogP contribution in [0.15, 0.2) is 71.7 Å². The van der Waals surface area contributed by atoms with E-state index < -0.39 is 18.2 Å². The number of carbonyl (C=O) groups is 2. The lowest BCUT2D eigenvalue weighted by Gasteiger charge is -2.38. The summed E-state index contributed by atoms with van der Waals surface area (Å²) >= 11 is 12.5. The fourth-order valence-corrected chi connectivity index (χ4v) is 5.51. The predicted molar refractivity (Wildman–Crippen MR) is 177 cm³/mol. The van der Waals surface area contributed by atoms with Crippen LogP contribution in [0.1, 0.15) is 42.6 Å². The number of nitrogens with one attached hydrogen (secondary N) is 1. The Balaban J connectivity index is 0.00000148. The lowest BCUT2D eigenvalue weighted by Crippen LogP contribution is -2.55. The molecule has 12 heteroatoms. The number of hydrogen-bond acceptors (Lipinski definition) is 6. The molecule has 5 rings (SSSR count). The standard InChI is InChI=1S/C31H32Cl2N4O5.C2H7N/c1-19(2)42-26-18-24(41-3)12-13-25(26)29-34-27(20-4-8-22(32)9-5-20)28(21-6-10-23(33)11-7-21)37(29)30(38)35-14-16-36(17-15-35)31(39)40;1-3-2/h4-13,18-19,27-28H,14-17H2,1-3H3,(H,39,40);3H,1-2H3. The molecule has 0 aliphatic carbocycles. The van der Waals surface area contributed by atoms with Crippen molar-refractivity contribution in [2.45, 2.75) is 32.0 Å². The van der Waals surface area contributed by atoms with Crippen molar-refractivity contribution in [2.75, 3.05) is 47.4 Å². The highest BCUT2D eigenvalue weighted by molar-refractivity contribution is 6.30. The minimum atomic E-state index is -0.999. The number of benzene rings is 3. The Morgan fingerprint density at radius 1 is 0.889 bits per heavy atom. The van der Waals surface area contributed by atoms with E-state index in [-0.39, 0.29) is 38.3 Å². The maximum atomic E-state index is 14.5. The van der Waals surface area contributed by atoms with Gasteiger partial charge < -0.3 is 29.7 Å². The molecule has 1 fully saturated rings. The highest BCUT2D eigenvalue weighted by Gasteiger charge is 2.45. The monoisotopic (exact) mass is 655 g/mol. The van der Waals surface area contributed by atoms with Gasteiger partial charge in [0, 0.05) is 42.3 Å². The summed E-state index contributed by atoms with van der Waals surface area (Å²) < 4.78 is 11.7. The van der Waals surface area contributed by atoms with Crippen LogP contribution in [-0.2, 0) is 0 Å². The third kappa shape index (κ3) is 8.00. The number of urea groups is 1. The van der Waals surface area contributed by atoms with Gasteiger partial charge in [-0.3, -0.25) is 9.89 Å². The molecule has 0 spiro atoms. The number of halogens is 2. The normalized spacial score (nSPS) is 17.9. The third-order valence-electron chi connectivity index (χ3n) is 7.31. The molecule has 45 heavy (non-hydrogen) atoms. The molecule has 3 amide bonds. The molecule has 0 saturated carbocycles. The molecule has 2 N–H and O–H groups in total. The number of hydrogen-bond donors (Lipinski definition) is 2. The minimum Gasteiger partial charge on any atom is -0.497 e. The number of ether oxygens (including phenoxy) is 2. The van der Waals surface area contributed by atoms with Crippen molar-refractivity contribution in [3.8, 4) is 11.5 Å². The van der Waals surface area contributed by atoms with E-state index in [0.717, 1.165) is 11.1 Å². The molecule has 2 heterocycles. The lowest BCUT2D eigenvalue weighted by molar-refractivity contribution is 0.103. The van der Waals surface area contributed by atoms with Crippen molar-refractivity contribution in [3.05, 3.63) is 93.5 Å². The Hall–Kier alpha value is -3.99. The van der Waals surface area contributed by atoms with E-state index in [2.05, 4.69) is 5.32 Å². The number of carbonyl (C=O) groups excluding carboxylic acids is 1. The summed E-state index contributed by atoms with van der Waals surface area (Å²) in [5.41, 5.74) is 2.36. The zero-order valence-corrected chi connectivity index (χ0v) is 27.5. The molecular formula is C33H39Cl2N5O5. The second-order valence-electron chi connectivity index (χ2n) is 10.9. The molecule has 2 unspecified atom stereocenters. The van der Waals surface area contributed by atoms with Crippen LogP contribution in [0.2, 0.25) is 10.0 Å². The summed E-state index contributed by atoms with van der Waals surface area (Å²) in [5.74, 6) is 1.58. The topological polar surface area (TPSA) is 107 Å². The molecule has 1 saturated heterocycles. The van der Waals surface area contributed by atoms with Crippen LogP contribution in [0, 0.1) is 0 Å². The van der Waals surface area contributed by atoms with Crippen molar-refractivity contribution in [2.24, 2.45) is 4.99 Å². The van der Waals surface area contributed by atoms with Gasteiger partial charge in [-0.15, -0.1) is 0 Å². The summed E-state index contributed by atoms with van der Waals surface area (Å²) in [4.78, 5) is 35.9. The Morgan fingerprint density at radius 3 is 1.93 bits per heavy atom. The Labute approximate surface area is 274 Å². The van der Waals surface area contributed by atoms with Gasteiger partial charge in [0.2, 0.25) is 0 Å². The smallest absolute Gasteiger partial charge is 0.407 e. The Bertz CT molecular complexity index is 1490. The minimum absolute atomic E-state index is 0.148. The van der Waals surface area contributed by atoms with Gasteiger partial charge >= 0.3 is 12.1 Å². The molecule has 3 aromatic carbocycles. The van der Waals surface area contributed by atoms with Gasteiger partial charge in [0.05, 0.1) is 24.8 Å². The SMILES string of the molecule is CNC.COc1ccc(C2=NC(c3ccc(Cl)cc3)C(c3ccc(Cl)cc3)N2C(=O)N2CCN(C(=O)O)CC2)c(OC(C)C)c1. The van der Waals surface area contributed by atoms with Crippen LogP contribution in [0.5, 0.6) is 11.5 Å². The zero-order valence-electron chi connectivity index (χ0n) is 26.0. The molecule has 0 aromatic heterocycles. The van der Waals surface area contributed by atoms with Gasteiger partial charge in [0.1, 0.15) is 23.4 Å². The highest BCUT2D eigenvalue weighted by atomic mass is 35.5. The number of rotatable bonds is 6. The van der Waals surface area contributed by atoms with Crippen LogP contribution in [0.25, 0.3) is 0 Å². The van der Waals surface area contributed by atoms with Crippen LogP contribution < -0.4 is 14.8 Å². The van der Waals surface area contributed by atoms with Crippen LogP contribution >= 0.6 is 23.2 Å². The summed E-state index contributed by atoms with van der Waals surface area (Å²) in [7, 11) is 5.33. The first-order chi connectivity index (χ1) is 21.6. The summed E-state index contributed by atoms with van der Waals surface area (Å²) in [6.45, 7) is 4.81. The van der Waals surface area contributed by atoms with Gasteiger partial charge in [0.15, 0.2) is 0 Å². The van der Waals surface area contributed by atoms with E-state index in [1.165, 1.54) is 4.90 Å². The lowest BCUT2D eigenvalue weighted by atomic mass is 9.93. The first-order valence-electron chi connectivity index (χ1n) is 14.7. The number of piperazine rings is 1. The van der Waals surface area contributed by atoms with Gasteiger partial charge in [-0.05, 0) is 75.5 Å². The second kappa shape index (κ2) is 15.3. The number of aliphatic imine (C=N–C) groups is 1. The molecule has 0 radical (unpaired) electrons. The molecule has 2 aliphatic heterocycles. The van der Waals surface area contributed by atoms with Crippen LogP contribution in [0.4, 0.5) is 9.59 Å². The van der Waals surface area contributed by atoms with Crippen LogP contribution in [0.3, 0.4) is 0 Å². The number of amides is 3. The maximum absolute atomic E-state index is 14.5. The first kappa shape index (κ1) is 33.9. The van der Waals surface area contributed by atoms with Gasteiger partial charge in [-0.25, -0.2) is 9.59 Å². The zero-order chi connectivity index (χ0) is 32.7. The molecule has 0 bridgehead atoms. The molecule has 2 aliphatic rings. The predicted octanol–water partition coefficient (Wildman–Crippen LogP) is 6.59. The number of nitrogens with zero attached hydrogens (tertiary/aromatic N) is 4. The van der Waals surface area contributed by atoms with Crippen molar-refractivity contribution in [1.82, 2.24) is 20.0 Å². The molecule has 10 nitrogen and oxygen atoms in total. The van der Waals surface area contributed by atoms with Gasteiger partial charge in [-0.2, -0.15) is 0 Å². The molecule has 3 aromatic rings. The van der Waals surface area contributed by atoms with Crippen molar-refractivity contribution in [3.63, 3.8) is 0 Å². The fraction of sp³-hybridized carbons (Fsp3) is 0.364. The Morgan fingerprint density at radius 2 is 1.42 bits per heavy atom. The van der Waals surface area contributed by atoms with Gasteiger partial charge in [0.25, 0.3) is 0 Å². The van der Waals surface area contributed by atoms with Crippen molar-refractivity contribution >= 4 is 41.2 Å². The summed E-state index contributed by atoms with van der Waals surface area (Å²) in [6.07, 6.45) is -1.15. The number of carboxylic acid groups (broad SMARTS) is 1. The van der Waals surface area contributed by atoms with Gasteiger partial charge in [-0.1, -0.05) is 47.5 Å². The largest absolute Gasteiger partial charge is 0.497 e. The fourth-order valence-electron chi connectivity index (χ4n) is 5.26. The number of methoxy groups -OCH3 is 1. The van der Waals surface area contributed by atoms with E-state index in [4.69, 9.17) is 37.7 Å². The number of amidine groups is 1. The summed E-state index contributed by atoms with van der Waals surface area (Å²) in [6, 6.07) is 19.0. The highest BCUT2D eigenvalue weighted by Crippen LogP contribution is 2.46. The molecular weight excluding hydrogens is 617 g/mol. The molecule has 240 valence electrons. The average molecular weight is 657 g/mol. The van der Waals surface area contributed by atoms with Crippen molar-refractivity contribution < 1.29 is 24.2 Å². The van der Waals surface area contributed by atoms with E-state index in [1.54, 1.807) is 47.2 Å². The van der Waals surface area contributed by atoms with E-state index in [1.807, 2.05) is 64.3 Å². The van der Waals surface area contributed by atoms with E-state index >= 15 is 0 Å². The maximum Gasteiger partial charge on any atom is 0.407 e. The third-order valence-corrected chi connectivity index (χ3v) is 7.81. The molecule has 2 atom stereocenters.